The molecule has 8 nitrogen and oxygen atoms in total. The largest absolute Gasteiger partial charge is 0.368 e. The molecule has 0 unspecified atom stereocenters. The Kier molecular flexibility index (Phi) is 3.89. The highest BCUT2D eigenvalue weighted by molar-refractivity contribution is 5.70. The Morgan fingerprint density at radius 1 is 1.07 bits per heavy atom. The van der Waals surface area contributed by atoms with Crippen molar-refractivity contribution in [1.82, 2.24) is 29.3 Å². The first kappa shape index (κ1) is 17.6. The van der Waals surface area contributed by atoms with Gasteiger partial charge in [0, 0.05) is 26.3 Å². The Morgan fingerprint density at radius 3 is 2.73 bits per heavy atom. The summed E-state index contributed by atoms with van der Waals surface area (Å²) in [6, 6.07) is 10.3. The summed E-state index contributed by atoms with van der Waals surface area (Å²) < 4.78 is 10.3. The first-order valence-electron chi connectivity index (χ1n) is 10.4. The van der Waals surface area contributed by atoms with Crippen LogP contribution in [0.4, 0.5) is 5.95 Å². The summed E-state index contributed by atoms with van der Waals surface area (Å²) in [5.41, 5.74) is 4.84. The van der Waals surface area contributed by atoms with Crippen LogP contribution in [0.5, 0.6) is 0 Å². The van der Waals surface area contributed by atoms with E-state index in [0.29, 0.717) is 0 Å². The molecule has 0 radical (unpaired) electrons. The zero-order chi connectivity index (χ0) is 20.1. The SMILES string of the molecule is Cn1cnc2cnc(N3CCC4(CC3)OCCc3cn(-c5ccccc5)nc34)nc21. The van der Waals surface area contributed by atoms with Gasteiger partial charge in [-0.3, -0.25) is 0 Å². The van der Waals surface area contributed by atoms with Gasteiger partial charge >= 0.3 is 0 Å². The van der Waals surface area contributed by atoms with Crippen LogP contribution in [-0.4, -0.2) is 49.0 Å². The van der Waals surface area contributed by atoms with Crippen molar-refractivity contribution in [2.45, 2.75) is 24.9 Å². The Balaban J connectivity index is 1.28. The lowest BCUT2D eigenvalue weighted by molar-refractivity contribution is -0.0798. The number of imidazole rings is 1. The van der Waals surface area contributed by atoms with Crippen LogP contribution in [0.3, 0.4) is 0 Å². The third-order valence-corrected chi connectivity index (χ3v) is 6.29. The molecule has 1 spiro atoms. The fourth-order valence-electron chi connectivity index (χ4n) is 4.63. The van der Waals surface area contributed by atoms with Crippen molar-refractivity contribution >= 4 is 17.1 Å². The first-order valence-corrected chi connectivity index (χ1v) is 10.4. The van der Waals surface area contributed by atoms with E-state index in [1.54, 1.807) is 12.5 Å². The second-order valence-corrected chi connectivity index (χ2v) is 8.10. The maximum Gasteiger partial charge on any atom is 0.227 e. The van der Waals surface area contributed by atoms with Crippen LogP contribution >= 0.6 is 0 Å². The number of fused-ring (bicyclic) bond motifs is 3. The Morgan fingerprint density at radius 2 is 1.90 bits per heavy atom. The number of para-hydroxylation sites is 1. The van der Waals surface area contributed by atoms with Crippen molar-refractivity contribution in [3.05, 3.63) is 60.3 Å². The number of nitrogens with zero attached hydrogens (tertiary/aromatic N) is 7. The van der Waals surface area contributed by atoms with Gasteiger partial charge in [-0.15, -0.1) is 0 Å². The van der Waals surface area contributed by atoms with Gasteiger partial charge in [-0.1, -0.05) is 18.2 Å². The predicted octanol–water partition coefficient (Wildman–Crippen LogP) is 2.62. The van der Waals surface area contributed by atoms with Gasteiger partial charge < -0.3 is 14.2 Å². The number of anilines is 1. The number of hydrogen-bond donors (Lipinski definition) is 0. The second kappa shape index (κ2) is 6.63. The van der Waals surface area contributed by atoms with Crippen LogP contribution in [0.1, 0.15) is 24.1 Å². The lowest BCUT2D eigenvalue weighted by atomic mass is 9.84. The second-order valence-electron chi connectivity index (χ2n) is 8.10. The molecule has 0 bridgehead atoms. The smallest absolute Gasteiger partial charge is 0.227 e. The van der Waals surface area contributed by atoms with E-state index < -0.39 is 0 Å². The highest BCUT2D eigenvalue weighted by atomic mass is 16.5. The monoisotopic (exact) mass is 401 g/mol. The van der Waals surface area contributed by atoms with E-state index in [0.717, 1.165) is 67.5 Å². The number of ether oxygens (including phenoxy) is 1. The molecule has 0 N–H and O–H groups in total. The summed E-state index contributed by atoms with van der Waals surface area (Å²) in [6.07, 6.45) is 8.40. The average molecular weight is 401 g/mol. The average Bonchev–Trinajstić information content (AvgIpc) is 3.40. The van der Waals surface area contributed by atoms with Crippen molar-refractivity contribution in [3.63, 3.8) is 0 Å². The summed E-state index contributed by atoms with van der Waals surface area (Å²) in [4.78, 5) is 15.8. The van der Waals surface area contributed by atoms with E-state index in [-0.39, 0.29) is 5.60 Å². The molecule has 4 aromatic rings. The number of benzene rings is 1. The maximum atomic E-state index is 6.39. The van der Waals surface area contributed by atoms with E-state index in [2.05, 4.69) is 33.2 Å². The van der Waals surface area contributed by atoms with E-state index in [1.165, 1.54) is 5.56 Å². The highest BCUT2D eigenvalue weighted by Crippen LogP contribution is 2.41. The van der Waals surface area contributed by atoms with E-state index in [1.807, 2.05) is 34.5 Å². The molecule has 1 aromatic carbocycles. The number of piperidine rings is 1. The van der Waals surface area contributed by atoms with Crippen molar-refractivity contribution in [3.8, 4) is 5.69 Å². The first-order chi connectivity index (χ1) is 14.7. The van der Waals surface area contributed by atoms with Crippen molar-refractivity contribution in [2.75, 3.05) is 24.6 Å². The predicted molar refractivity (Wildman–Crippen MR) is 113 cm³/mol. The van der Waals surface area contributed by atoms with E-state index in [4.69, 9.17) is 14.8 Å². The van der Waals surface area contributed by atoms with E-state index in [9.17, 15) is 0 Å². The summed E-state index contributed by atoms with van der Waals surface area (Å²) in [6.45, 7) is 2.41. The topological polar surface area (TPSA) is 73.9 Å². The van der Waals surface area contributed by atoms with Crippen molar-refractivity contribution < 1.29 is 4.74 Å². The Bertz CT molecular complexity index is 1200. The third kappa shape index (κ3) is 2.71. The summed E-state index contributed by atoms with van der Waals surface area (Å²) in [5.74, 6) is 0.756. The van der Waals surface area contributed by atoms with Crippen LogP contribution in [-0.2, 0) is 23.8 Å². The molecule has 5 heterocycles. The zero-order valence-electron chi connectivity index (χ0n) is 16.9. The number of aromatic nitrogens is 6. The molecule has 2 aliphatic rings. The summed E-state index contributed by atoms with van der Waals surface area (Å²) >= 11 is 0. The number of aryl methyl sites for hydroxylation is 1. The summed E-state index contributed by atoms with van der Waals surface area (Å²) in [5, 5.41) is 4.97. The summed E-state index contributed by atoms with van der Waals surface area (Å²) in [7, 11) is 1.96. The van der Waals surface area contributed by atoms with Gasteiger partial charge in [0.15, 0.2) is 5.65 Å². The molecular weight excluding hydrogens is 378 g/mol. The van der Waals surface area contributed by atoms with Crippen LogP contribution in [0.2, 0.25) is 0 Å². The van der Waals surface area contributed by atoms with Crippen LogP contribution in [0, 0.1) is 0 Å². The van der Waals surface area contributed by atoms with Gasteiger partial charge in [-0.2, -0.15) is 10.1 Å². The van der Waals surface area contributed by atoms with Crippen molar-refractivity contribution in [1.29, 1.82) is 0 Å². The van der Waals surface area contributed by atoms with Crippen LogP contribution in [0.25, 0.3) is 16.9 Å². The molecule has 3 aromatic heterocycles. The molecule has 0 saturated carbocycles. The van der Waals surface area contributed by atoms with Gasteiger partial charge in [-0.25, -0.2) is 14.6 Å². The van der Waals surface area contributed by atoms with Gasteiger partial charge in [-0.05, 0) is 37.0 Å². The minimum atomic E-state index is -0.319. The normalized spacial score (nSPS) is 18.1. The Labute approximate surface area is 174 Å². The van der Waals surface area contributed by atoms with Gasteiger partial charge in [0.05, 0.1) is 30.5 Å². The molecule has 8 heteroatoms. The Hall–Kier alpha value is -3.26. The van der Waals surface area contributed by atoms with Gasteiger partial charge in [0.1, 0.15) is 11.1 Å². The molecule has 1 saturated heterocycles. The number of hydrogen-bond acceptors (Lipinski definition) is 6. The van der Waals surface area contributed by atoms with E-state index >= 15 is 0 Å². The van der Waals surface area contributed by atoms with Gasteiger partial charge in [0.25, 0.3) is 0 Å². The fraction of sp³-hybridized carbons (Fsp3) is 0.364. The van der Waals surface area contributed by atoms with Crippen molar-refractivity contribution in [2.24, 2.45) is 7.05 Å². The molecule has 0 aliphatic carbocycles. The minimum Gasteiger partial charge on any atom is -0.368 e. The van der Waals surface area contributed by atoms with Crippen LogP contribution < -0.4 is 4.90 Å². The highest BCUT2D eigenvalue weighted by Gasteiger charge is 2.43. The molecule has 30 heavy (non-hydrogen) atoms. The standard InChI is InChI=1S/C22H23N7O/c1-27-15-24-18-13-23-21(25-20(18)27)28-10-8-22(9-11-28)19-16(7-12-30-22)14-29(26-19)17-5-3-2-4-6-17/h2-6,13-15H,7-12H2,1H3. The molecule has 6 rings (SSSR count). The zero-order valence-corrected chi connectivity index (χ0v) is 16.9. The molecule has 2 aliphatic heterocycles. The minimum absolute atomic E-state index is 0.319. The lowest BCUT2D eigenvalue weighted by Gasteiger charge is -2.42. The number of rotatable bonds is 2. The molecular formula is C22H23N7O. The van der Waals surface area contributed by atoms with Gasteiger partial charge in [0.2, 0.25) is 5.95 Å². The molecule has 1 fully saturated rings. The quantitative estimate of drug-likeness (QED) is 0.514. The third-order valence-electron chi connectivity index (χ3n) is 6.29. The van der Waals surface area contributed by atoms with Crippen LogP contribution in [0.15, 0.2) is 49.1 Å². The molecule has 0 atom stereocenters. The maximum absolute atomic E-state index is 6.39. The lowest BCUT2D eigenvalue weighted by Crippen LogP contribution is -2.47. The molecule has 152 valence electrons. The fourth-order valence-corrected chi connectivity index (χ4v) is 4.63. The molecule has 0 amide bonds.